The fourth-order valence-corrected chi connectivity index (χ4v) is 6.62. The summed E-state index contributed by atoms with van der Waals surface area (Å²) in [7, 11) is 0. The van der Waals surface area contributed by atoms with Crippen molar-refractivity contribution in [2.75, 3.05) is 4.90 Å². The largest absolute Gasteiger partial charge is 0.310 e. The molecule has 7 aromatic rings. The van der Waals surface area contributed by atoms with Crippen LogP contribution in [-0.2, 0) is 0 Å². The predicted octanol–water partition coefficient (Wildman–Crippen LogP) is 11.9. The second kappa shape index (κ2) is 10.9. The Kier molecular flexibility index (Phi) is 6.68. The summed E-state index contributed by atoms with van der Waals surface area (Å²) >= 11 is 1.86. The number of fused-ring (bicyclic) bond motifs is 3. The molecule has 0 spiro atoms. The van der Waals surface area contributed by atoms with E-state index < -0.39 is 0 Å². The zero-order valence-electron chi connectivity index (χ0n) is 22.9. The molecule has 41 heavy (non-hydrogen) atoms. The van der Waals surface area contributed by atoms with Gasteiger partial charge in [-0.25, -0.2) is 0 Å². The second-order valence-corrected chi connectivity index (χ2v) is 11.3. The first-order valence-electron chi connectivity index (χ1n) is 14.0. The lowest BCUT2D eigenvalue weighted by Crippen LogP contribution is -2.09. The van der Waals surface area contributed by atoms with Gasteiger partial charge >= 0.3 is 0 Å². The van der Waals surface area contributed by atoms with Crippen LogP contribution in [0.3, 0.4) is 0 Å². The van der Waals surface area contributed by atoms with Crippen LogP contribution in [-0.4, -0.2) is 0 Å². The number of nitrogens with zero attached hydrogens (tertiary/aromatic N) is 1. The third-order valence-corrected chi connectivity index (χ3v) is 8.69. The topological polar surface area (TPSA) is 3.24 Å². The minimum absolute atomic E-state index is 1.13. The second-order valence-electron chi connectivity index (χ2n) is 10.2. The SMILES string of the molecule is C/C=C/c1ccc2sc3ccc(-c4ccc(N(c5ccccc5)c5cccc(-c6ccccc6)c5)cc4)cc3c2c1. The maximum absolute atomic E-state index is 2.35. The number of anilines is 3. The maximum atomic E-state index is 2.35. The normalized spacial score (nSPS) is 11.4. The van der Waals surface area contributed by atoms with E-state index in [-0.39, 0.29) is 0 Å². The Labute approximate surface area is 245 Å². The van der Waals surface area contributed by atoms with Crippen molar-refractivity contribution in [2.24, 2.45) is 0 Å². The van der Waals surface area contributed by atoms with E-state index in [0.29, 0.717) is 0 Å². The quantitative estimate of drug-likeness (QED) is 0.202. The smallest absolute Gasteiger partial charge is 0.0467 e. The van der Waals surface area contributed by atoms with Crippen molar-refractivity contribution in [3.05, 3.63) is 157 Å². The molecule has 1 nitrogen and oxygen atoms in total. The molecule has 7 rings (SSSR count). The predicted molar refractivity (Wildman–Crippen MR) is 180 cm³/mol. The van der Waals surface area contributed by atoms with Crippen LogP contribution in [0.1, 0.15) is 12.5 Å². The Balaban J connectivity index is 1.28. The third kappa shape index (κ3) is 4.95. The number of benzene rings is 6. The van der Waals surface area contributed by atoms with Gasteiger partial charge in [0.25, 0.3) is 0 Å². The fourth-order valence-electron chi connectivity index (χ4n) is 5.55. The Morgan fingerprint density at radius 1 is 0.463 bits per heavy atom. The van der Waals surface area contributed by atoms with Crippen molar-refractivity contribution in [1.29, 1.82) is 0 Å². The van der Waals surface area contributed by atoms with Gasteiger partial charge in [0, 0.05) is 37.2 Å². The number of rotatable bonds is 6. The van der Waals surface area contributed by atoms with Crippen molar-refractivity contribution < 1.29 is 0 Å². The van der Waals surface area contributed by atoms with Gasteiger partial charge in [0.1, 0.15) is 0 Å². The molecule has 0 saturated carbocycles. The first-order chi connectivity index (χ1) is 20.3. The molecule has 0 atom stereocenters. The highest BCUT2D eigenvalue weighted by atomic mass is 32.1. The molecule has 1 heterocycles. The van der Waals surface area contributed by atoms with Crippen molar-refractivity contribution >= 4 is 54.6 Å². The molecule has 0 radical (unpaired) electrons. The zero-order valence-corrected chi connectivity index (χ0v) is 23.7. The molecular formula is C39H29NS. The molecule has 0 saturated heterocycles. The van der Waals surface area contributed by atoms with E-state index in [1.165, 1.54) is 48.0 Å². The summed E-state index contributed by atoms with van der Waals surface area (Å²) in [5.74, 6) is 0. The van der Waals surface area contributed by atoms with Crippen LogP contribution in [0.2, 0.25) is 0 Å². The van der Waals surface area contributed by atoms with Crippen LogP contribution in [0.5, 0.6) is 0 Å². The van der Waals surface area contributed by atoms with Crippen LogP contribution in [0.15, 0.2) is 152 Å². The van der Waals surface area contributed by atoms with Crippen molar-refractivity contribution in [1.82, 2.24) is 0 Å². The molecule has 0 N–H and O–H groups in total. The maximum Gasteiger partial charge on any atom is 0.0467 e. The molecule has 1 aromatic heterocycles. The number of hydrogen-bond donors (Lipinski definition) is 0. The van der Waals surface area contributed by atoms with Crippen LogP contribution in [0.25, 0.3) is 48.5 Å². The van der Waals surface area contributed by atoms with E-state index in [1.807, 2.05) is 11.3 Å². The third-order valence-electron chi connectivity index (χ3n) is 7.54. The average Bonchev–Trinajstić information content (AvgIpc) is 3.40. The summed E-state index contributed by atoms with van der Waals surface area (Å²) in [6, 6.07) is 52.5. The molecule has 2 heteroatoms. The van der Waals surface area contributed by atoms with Crippen LogP contribution >= 0.6 is 11.3 Å². The van der Waals surface area contributed by atoms with E-state index in [2.05, 4.69) is 170 Å². The molecule has 0 aliphatic heterocycles. The lowest BCUT2D eigenvalue weighted by Gasteiger charge is -2.26. The Hall–Kier alpha value is -4.92. The van der Waals surface area contributed by atoms with Crippen LogP contribution < -0.4 is 4.90 Å². The van der Waals surface area contributed by atoms with Crippen LogP contribution in [0.4, 0.5) is 17.1 Å². The first-order valence-corrected chi connectivity index (χ1v) is 14.8. The Morgan fingerprint density at radius 2 is 1.02 bits per heavy atom. The summed E-state index contributed by atoms with van der Waals surface area (Å²) in [5, 5.41) is 2.65. The summed E-state index contributed by atoms with van der Waals surface area (Å²) in [4.78, 5) is 2.33. The molecule has 0 aliphatic carbocycles. The first kappa shape index (κ1) is 25.1. The van der Waals surface area contributed by atoms with Gasteiger partial charge in [-0.2, -0.15) is 0 Å². The highest BCUT2D eigenvalue weighted by molar-refractivity contribution is 7.25. The van der Waals surface area contributed by atoms with Crippen molar-refractivity contribution in [3.63, 3.8) is 0 Å². The molecule has 0 fully saturated rings. The number of hydrogen-bond acceptors (Lipinski definition) is 2. The Bertz CT molecular complexity index is 1980. The van der Waals surface area contributed by atoms with Gasteiger partial charge in [0.05, 0.1) is 0 Å². The molecule has 6 aromatic carbocycles. The lowest BCUT2D eigenvalue weighted by atomic mass is 10.0. The van der Waals surface area contributed by atoms with Crippen molar-refractivity contribution in [2.45, 2.75) is 6.92 Å². The van der Waals surface area contributed by atoms with E-state index >= 15 is 0 Å². The molecule has 196 valence electrons. The highest BCUT2D eigenvalue weighted by Gasteiger charge is 2.14. The fraction of sp³-hybridized carbons (Fsp3) is 0.0256. The summed E-state index contributed by atoms with van der Waals surface area (Å²) < 4.78 is 2.66. The van der Waals surface area contributed by atoms with Gasteiger partial charge in [-0.05, 0) is 95.4 Å². The lowest BCUT2D eigenvalue weighted by molar-refractivity contribution is 1.28. The summed E-state index contributed by atoms with van der Waals surface area (Å²) in [6.07, 6.45) is 4.26. The van der Waals surface area contributed by atoms with E-state index in [0.717, 1.165) is 17.1 Å². The minimum Gasteiger partial charge on any atom is -0.310 e. The number of thiophene rings is 1. The van der Waals surface area contributed by atoms with E-state index in [9.17, 15) is 0 Å². The average molecular weight is 544 g/mol. The number of para-hydroxylation sites is 1. The van der Waals surface area contributed by atoms with Gasteiger partial charge < -0.3 is 4.90 Å². The molecular weight excluding hydrogens is 515 g/mol. The molecule has 0 aliphatic rings. The van der Waals surface area contributed by atoms with E-state index in [4.69, 9.17) is 0 Å². The summed E-state index contributed by atoms with van der Waals surface area (Å²) in [5.41, 5.74) is 9.50. The van der Waals surface area contributed by atoms with Gasteiger partial charge in [-0.1, -0.05) is 97.1 Å². The van der Waals surface area contributed by atoms with Crippen LogP contribution in [0, 0.1) is 0 Å². The van der Waals surface area contributed by atoms with E-state index in [1.54, 1.807) is 0 Å². The standard InChI is InChI=1S/C39H29NS/c1-2-10-28-17-23-38-36(25-28)37-27-32(20-24-39(37)41-38)30-18-21-34(22-19-30)40(33-14-7-4-8-15-33)35-16-9-13-31(26-35)29-11-5-3-6-12-29/h2-27H,1H3/b10-2+. The van der Waals surface area contributed by atoms with Gasteiger partial charge in [0.2, 0.25) is 0 Å². The Morgan fingerprint density at radius 3 is 1.78 bits per heavy atom. The molecule has 0 unspecified atom stereocenters. The zero-order chi connectivity index (χ0) is 27.6. The molecule has 0 bridgehead atoms. The van der Waals surface area contributed by atoms with Crippen molar-refractivity contribution in [3.8, 4) is 22.3 Å². The van der Waals surface area contributed by atoms with Gasteiger partial charge in [0.15, 0.2) is 0 Å². The van der Waals surface area contributed by atoms with Gasteiger partial charge in [-0.3, -0.25) is 0 Å². The summed E-state index contributed by atoms with van der Waals surface area (Å²) in [6.45, 7) is 2.07. The monoisotopic (exact) mass is 543 g/mol. The van der Waals surface area contributed by atoms with Gasteiger partial charge in [-0.15, -0.1) is 11.3 Å². The number of allylic oxidation sites excluding steroid dienone is 1. The molecule has 0 amide bonds. The highest BCUT2D eigenvalue weighted by Crippen LogP contribution is 2.39. The minimum atomic E-state index is 1.13.